The highest BCUT2D eigenvalue weighted by atomic mass is 16.8. The Hall–Kier alpha value is -0.840. The molecule has 21 nitrogen and oxygen atoms in total. The summed E-state index contributed by atoms with van der Waals surface area (Å²) in [7, 11) is 0. The molecule has 3 aliphatic heterocycles. The van der Waals surface area contributed by atoms with E-state index in [-0.39, 0.29) is 0 Å². The summed E-state index contributed by atoms with van der Waals surface area (Å²) in [6, 6.07) is 0. The molecule has 0 aromatic heterocycles. The van der Waals surface area contributed by atoms with Crippen molar-refractivity contribution in [2.75, 3.05) is 33.0 Å². The number of hydrogen-bond acceptors (Lipinski definition) is 21. The van der Waals surface area contributed by atoms with Crippen molar-refractivity contribution in [3.63, 3.8) is 0 Å². The van der Waals surface area contributed by atoms with Gasteiger partial charge in [0.1, 0.15) is 97.7 Å². The van der Waals surface area contributed by atoms with Crippen LogP contribution in [0.4, 0.5) is 0 Å². The molecule has 0 aromatic rings. The van der Waals surface area contributed by atoms with Crippen molar-refractivity contribution in [3.05, 3.63) is 0 Å². The maximum absolute atomic E-state index is 10.9. The normalized spacial score (nSPS) is 45.5. The highest BCUT2D eigenvalue weighted by Crippen LogP contribution is 2.32. The average molecular weight is 669 g/mol. The number of aliphatic hydroxyl groups is 15. The smallest absolute Gasteiger partial charge is 0.187 e. The third kappa shape index (κ3) is 8.43. The minimum absolute atomic E-state index is 0.851. The van der Waals surface area contributed by atoms with E-state index >= 15 is 0 Å². The van der Waals surface area contributed by atoms with Crippen LogP contribution in [0, 0.1) is 0 Å². The van der Waals surface area contributed by atoms with Crippen LogP contribution < -0.4 is 0 Å². The van der Waals surface area contributed by atoms with E-state index in [4.69, 9.17) is 28.4 Å². The Morgan fingerprint density at radius 2 is 0.933 bits per heavy atom. The van der Waals surface area contributed by atoms with Gasteiger partial charge in [-0.05, 0) is 0 Å². The van der Waals surface area contributed by atoms with Crippen molar-refractivity contribution in [2.45, 2.75) is 117 Å². The second kappa shape index (κ2) is 17.0. The maximum Gasteiger partial charge on any atom is 0.187 e. The molecule has 3 heterocycles. The molecule has 19 unspecified atom stereocenters. The summed E-state index contributed by atoms with van der Waals surface area (Å²) in [4.78, 5) is 0. The van der Waals surface area contributed by atoms with Gasteiger partial charge in [0.25, 0.3) is 0 Å². The van der Waals surface area contributed by atoms with E-state index in [1.165, 1.54) is 0 Å². The largest absolute Gasteiger partial charge is 0.394 e. The van der Waals surface area contributed by atoms with E-state index in [1.54, 1.807) is 0 Å². The molecule has 0 saturated carbocycles. The first-order chi connectivity index (χ1) is 21.2. The molecule has 0 amide bonds. The van der Waals surface area contributed by atoms with Gasteiger partial charge in [-0.25, -0.2) is 0 Å². The molecular formula is C24H44O21. The maximum atomic E-state index is 10.9. The molecule has 0 aliphatic carbocycles. The molecular weight excluding hydrogens is 624 g/mol. The fourth-order valence-electron chi connectivity index (χ4n) is 5.09. The monoisotopic (exact) mass is 668 g/mol. The number of rotatable bonds is 14. The molecule has 15 N–H and O–H groups in total. The van der Waals surface area contributed by atoms with Crippen LogP contribution >= 0.6 is 0 Å². The summed E-state index contributed by atoms with van der Waals surface area (Å²) >= 11 is 0. The van der Waals surface area contributed by atoms with Crippen LogP contribution in [0.15, 0.2) is 0 Å². The number of aliphatic hydroxyl groups excluding tert-OH is 15. The number of hydrogen-bond donors (Lipinski definition) is 15. The Morgan fingerprint density at radius 3 is 1.40 bits per heavy atom. The zero-order chi connectivity index (χ0) is 33.7. The first kappa shape index (κ1) is 38.6. The lowest BCUT2D eigenvalue weighted by Crippen LogP contribution is -2.66. The van der Waals surface area contributed by atoms with Gasteiger partial charge in [0, 0.05) is 0 Å². The van der Waals surface area contributed by atoms with Crippen molar-refractivity contribution in [2.24, 2.45) is 0 Å². The second-order valence-corrected chi connectivity index (χ2v) is 10.9. The molecule has 0 aromatic carbocycles. The Balaban J connectivity index is 1.93. The highest BCUT2D eigenvalue weighted by Gasteiger charge is 2.53. The second-order valence-electron chi connectivity index (χ2n) is 10.9. The first-order valence-electron chi connectivity index (χ1n) is 14.0. The summed E-state index contributed by atoms with van der Waals surface area (Å²) in [5.74, 6) is 0. The van der Waals surface area contributed by atoms with Crippen molar-refractivity contribution >= 4 is 0 Å². The predicted molar refractivity (Wildman–Crippen MR) is 136 cm³/mol. The van der Waals surface area contributed by atoms with Gasteiger partial charge >= 0.3 is 0 Å². The summed E-state index contributed by atoms with van der Waals surface area (Å²) in [6.07, 6.45) is -35.9. The van der Waals surface area contributed by atoms with Gasteiger partial charge < -0.3 is 105 Å². The van der Waals surface area contributed by atoms with Gasteiger partial charge in [0.15, 0.2) is 18.9 Å². The fourth-order valence-corrected chi connectivity index (χ4v) is 5.09. The molecule has 0 bridgehead atoms. The quantitative estimate of drug-likeness (QED) is 0.0816. The molecule has 19 atom stereocenters. The number of ether oxygens (including phenoxy) is 6. The van der Waals surface area contributed by atoms with Crippen LogP contribution in [0.3, 0.4) is 0 Å². The van der Waals surface area contributed by atoms with Crippen molar-refractivity contribution < 1.29 is 105 Å². The molecule has 0 spiro atoms. The summed E-state index contributed by atoms with van der Waals surface area (Å²) in [5, 5.41) is 152. The third-order valence-corrected chi connectivity index (χ3v) is 7.88. The van der Waals surface area contributed by atoms with Crippen LogP contribution in [0.2, 0.25) is 0 Å². The molecule has 0 radical (unpaired) electrons. The Bertz CT molecular complexity index is 869. The SMILES string of the molecule is OCC(O)C(O)C(OC1OC(CO)C(O)C(O)C1OC1OC(CO)C(O)C(O)C1O)C(CO)OC1OC(CO)C(O)C(O)C1O. The summed E-state index contributed by atoms with van der Waals surface area (Å²) in [6.45, 7) is -4.84. The van der Waals surface area contributed by atoms with Gasteiger partial charge in [0.05, 0.1) is 33.0 Å². The third-order valence-electron chi connectivity index (χ3n) is 7.88. The topological polar surface area (TPSA) is 359 Å². The van der Waals surface area contributed by atoms with Gasteiger partial charge in [-0.3, -0.25) is 0 Å². The van der Waals surface area contributed by atoms with Crippen LogP contribution in [-0.4, -0.2) is 226 Å². The van der Waals surface area contributed by atoms with E-state index in [9.17, 15) is 76.6 Å². The molecule has 3 saturated heterocycles. The predicted octanol–water partition coefficient (Wildman–Crippen LogP) is -10.1. The minimum Gasteiger partial charge on any atom is -0.394 e. The van der Waals surface area contributed by atoms with Crippen LogP contribution in [-0.2, 0) is 28.4 Å². The Kier molecular flexibility index (Phi) is 14.6. The van der Waals surface area contributed by atoms with Gasteiger partial charge in [-0.15, -0.1) is 0 Å². The van der Waals surface area contributed by atoms with Crippen LogP contribution in [0.1, 0.15) is 0 Å². The van der Waals surface area contributed by atoms with Gasteiger partial charge in [-0.2, -0.15) is 0 Å². The van der Waals surface area contributed by atoms with Crippen molar-refractivity contribution in [1.82, 2.24) is 0 Å². The highest BCUT2D eigenvalue weighted by molar-refractivity contribution is 4.96. The minimum atomic E-state index is -2.19. The zero-order valence-electron chi connectivity index (χ0n) is 23.7. The molecule has 45 heavy (non-hydrogen) atoms. The van der Waals surface area contributed by atoms with E-state index in [0.29, 0.717) is 0 Å². The zero-order valence-corrected chi connectivity index (χ0v) is 23.7. The van der Waals surface area contributed by atoms with Crippen molar-refractivity contribution in [1.29, 1.82) is 0 Å². The Labute approximate surface area is 255 Å². The molecule has 21 heteroatoms. The fraction of sp³-hybridized carbons (Fsp3) is 1.00. The Morgan fingerprint density at radius 1 is 0.489 bits per heavy atom. The lowest BCUT2D eigenvalue weighted by Gasteiger charge is -2.47. The van der Waals surface area contributed by atoms with Gasteiger partial charge in [0.2, 0.25) is 0 Å². The molecule has 266 valence electrons. The summed E-state index contributed by atoms with van der Waals surface area (Å²) < 4.78 is 32.7. The van der Waals surface area contributed by atoms with Crippen LogP contribution in [0.5, 0.6) is 0 Å². The van der Waals surface area contributed by atoms with Gasteiger partial charge in [-0.1, -0.05) is 0 Å². The molecule has 3 rings (SSSR count). The van der Waals surface area contributed by atoms with E-state index < -0.39 is 150 Å². The lowest BCUT2D eigenvalue weighted by molar-refractivity contribution is -0.383. The molecule has 3 aliphatic rings. The summed E-state index contributed by atoms with van der Waals surface area (Å²) in [5.41, 5.74) is 0. The first-order valence-corrected chi connectivity index (χ1v) is 14.0. The standard InChI is InChI=1S/C24H44O21/c25-1-6(30)11(31)20(10(5-29)43-22-18(38)15(35)12(32)7(2-26)40-22)44-24-21(17(37)14(34)9(4-28)42-24)45-23-19(39)16(36)13(33)8(3-27)41-23/h6-39H,1-5H2. The molecule has 3 fully saturated rings. The lowest BCUT2D eigenvalue weighted by atomic mass is 9.96. The van der Waals surface area contributed by atoms with E-state index in [2.05, 4.69) is 0 Å². The van der Waals surface area contributed by atoms with Crippen molar-refractivity contribution in [3.8, 4) is 0 Å². The average Bonchev–Trinajstić information content (AvgIpc) is 3.04. The van der Waals surface area contributed by atoms with Crippen LogP contribution in [0.25, 0.3) is 0 Å². The van der Waals surface area contributed by atoms with E-state index in [1.807, 2.05) is 0 Å². The van der Waals surface area contributed by atoms with E-state index in [0.717, 1.165) is 0 Å².